The zero-order chi connectivity index (χ0) is 22.2. The van der Waals surface area contributed by atoms with Crippen LogP contribution >= 0.6 is 11.8 Å². The van der Waals surface area contributed by atoms with Gasteiger partial charge in [0, 0.05) is 17.8 Å². The summed E-state index contributed by atoms with van der Waals surface area (Å²) in [6, 6.07) is 15.8. The normalized spacial score (nSPS) is 11.6. The smallest absolute Gasteiger partial charge is 0.251 e. The summed E-state index contributed by atoms with van der Waals surface area (Å²) >= 11 is 1.31. The highest BCUT2D eigenvalue weighted by Crippen LogP contribution is 2.21. The van der Waals surface area contributed by atoms with Gasteiger partial charge in [-0.1, -0.05) is 30.0 Å². The topological polar surface area (TPSA) is 98.1 Å². The Labute approximate surface area is 185 Å². The lowest BCUT2D eigenvalue weighted by Crippen LogP contribution is -2.28. The van der Waals surface area contributed by atoms with Crippen molar-refractivity contribution in [2.24, 2.45) is 0 Å². The second kappa shape index (κ2) is 10.6. The number of rotatable bonds is 9. The van der Waals surface area contributed by atoms with E-state index < -0.39 is 0 Å². The van der Waals surface area contributed by atoms with Crippen molar-refractivity contribution in [2.75, 3.05) is 18.2 Å². The molecule has 0 fully saturated rings. The number of nitrogens with one attached hydrogen (secondary N) is 2. The van der Waals surface area contributed by atoms with Gasteiger partial charge in [-0.2, -0.15) is 0 Å². The van der Waals surface area contributed by atoms with Gasteiger partial charge >= 0.3 is 0 Å². The highest BCUT2D eigenvalue weighted by molar-refractivity contribution is 7.99. The molecule has 2 N–H and O–H groups in total. The van der Waals surface area contributed by atoms with Crippen LogP contribution in [0.25, 0.3) is 0 Å². The monoisotopic (exact) mass is 439 g/mol. The summed E-state index contributed by atoms with van der Waals surface area (Å²) in [6.45, 7) is 4.45. The average molecular weight is 440 g/mol. The largest absolute Gasteiger partial charge is 0.497 e. The van der Waals surface area contributed by atoms with Crippen LogP contribution in [0.1, 0.15) is 36.1 Å². The van der Waals surface area contributed by atoms with Gasteiger partial charge in [-0.3, -0.25) is 9.59 Å². The first-order chi connectivity index (χ1) is 15.0. The molecule has 162 valence electrons. The Bertz CT molecular complexity index is 1020. The molecule has 2 amide bonds. The predicted molar refractivity (Wildman–Crippen MR) is 120 cm³/mol. The van der Waals surface area contributed by atoms with E-state index >= 15 is 0 Å². The third kappa shape index (κ3) is 5.85. The molecule has 0 radical (unpaired) electrons. The maximum Gasteiger partial charge on any atom is 0.251 e. The van der Waals surface area contributed by atoms with E-state index in [1.165, 1.54) is 11.8 Å². The molecule has 3 aromatic rings. The molecule has 0 saturated heterocycles. The van der Waals surface area contributed by atoms with E-state index in [2.05, 4.69) is 20.8 Å². The average Bonchev–Trinajstić information content (AvgIpc) is 3.21. The lowest BCUT2D eigenvalue weighted by molar-refractivity contribution is -0.113. The second-order valence-corrected chi connectivity index (χ2v) is 7.65. The van der Waals surface area contributed by atoms with Crippen molar-refractivity contribution in [1.82, 2.24) is 20.1 Å². The Hall–Kier alpha value is -3.33. The fourth-order valence-electron chi connectivity index (χ4n) is 2.96. The van der Waals surface area contributed by atoms with Crippen LogP contribution in [0.15, 0.2) is 59.8 Å². The summed E-state index contributed by atoms with van der Waals surface area (Å²) in [7, 11) is 1.58. The standard InChI is InChI=1S/C22H25N5O3S/c1-4-27-20(15(2)23-21(29)16-10-12-18(30-3)13-11-16)25-26-22(27)31-14-19(28)24-17-8-6-5-7-9-17/h5-13,15H,4,14H2,1-3H3,(H,23,29)(H,24,28). The Balaban J connectivity index is 1.61. The summed E-state index contributed by atoms with van der Waals surface area (Å²) in [5, 5.41) is 14.9. The minimum absolute atomic E-state index is 0.121. The molecule has 9 heteroatoms. The number of amides is 2. The van der Waals surface area contributed by atoms with Gasteiger partial charge in [-0.05, 0) is 50.2 Å². The number of benzene rings is 2. The summed E-state index contributed by atoms with van der Waals surface area (Å²) in [4.78, 5) is 24.8. The molecule has 3 rings (SSSR count). The molecule has 1 aromatic heterocycles. The number of anilines is 1. The maximum absolute atomic E-state index is 12.6. The van der Waals surface area contributed by atoms with Gasteiger partial charge in [0.1, 0.15) is 5.75 Å². The van der Waals surface area contributed by atoms with E-state index in [0.29, 0.717) is 28.8 Å². The number of carbonyl (C=O) groups excluding carboxylic acids is 2. The molecule has 1 atom stereocenters. The van der Waals surface area contributed by atoms with Crippen molar-refractivity contribution >= 4 is 29.3 Å². The molecular weight excluding hydrogens is 414 g/mol. The maximum atomic E-state index is 12.6. The minimum atomic E-state index is -0.352. The van der Waals surface area contributed by atoms with Gasteiger partial charge in [0.2, 0.25) is 5.91 Å². The first-order valence-electron chi connectivity index (χ1n) is 9.87. The fourth-order valence-corrected chi connectivity index (χ4v) is 3.77. The zero-order valence-electron chi connectivity index (χ0n) is 17.7. The lowest BCUT2D eigenvalue weighted by Gasteiger charge is -2.15. The number of hydrogen-bond donors (Lipinski definition) is 2. The lowest BCUT2D eigenvalue weighted by atomic mass is 10.2. The minimum Gasteiger partial charge on any atom is -0.497 e. The van der Waals surface area contributed by atoms with Crippen LogP contribution in [0.5, 0.6) is 5.75 Å². The molecule has 0 aliphatic heterocycles. The van der Waals surface area contributed by atoms with E-state index in [9.17, 15) is 9.59 Å². The molecule has 1 heterocycles. The van der Waals surface area contributed by atoms with Crippen LogP contribution in [0.4, 0.5) is 5.69 Å². The number of thioether (sulfide) groups is 1. The van der Waals surface area contributed by atoms with Crippen molar-refractivity contribution in [3.63, 3.8) is 0 Å². The van der Waals surface area contributed by atoms with Gasteiger partial charge in [0.15, 0.2) is 11.0 Å². The molecule has 8 nitrogen and oxygen atoms in total. The molecule has 0 bridgehead atoms. The fraction of sp³-hybridized carbons (Fsp3) is 0.273. The zero-order valence-corrected chi connectivity index (χ0v) is 18.5. The van der Waals surface area contributed by atoms with Crippen LogP contribution in [-0.4, -0.2) is 39.4 Å². The van der Waals surface area contributed by atoms with Crippen molar-refractivity contribution < 1.29 is 14.3 Å². The summed E-state index contributed by atoms with van der Waals surface area (Å²) < 4.78 is 7.02. The number of ether oxygens (including phenoxy) is 1. The Kier molecular flexibility index (Phi) is 7.66. The van der Waals surface area contributed by atoms with Gasteiger partial charge < -0.3 is 19.9 Å². The van der Waals surface area contributed by atoms with E-state index in [4.69, 9.17) is 4.74 Å². The van der Waals surface area contributed by atoms with E-state index in [1.807, 2.05) is 48.7 Å². The Morgan fingerprint density at radius 2 is 1.81 bits per heavy atom. The van der Waals surface area contributed by atoms with Crippen LogP contribution < -0.4 is 15.4 Å². The number of aromatic nitrogens is 3. The van der Waals surface area contributed by atoms with Crippen molar-refractivity contribution in [1.29, 1.82) is 0 Å². The highest BCUT2D eigenvalue weighted by Gasteiger charge is 2.20. The predicted octanol–water partition coefficient (Wildman–Crippen LogP) is 3.53. The molecular formula is C22H25N5O3S. The van der Waals surface area contributed by atoms with Crippen LogP contribution in [-0.2, 0) is 11.3 Å². The molecule has 0 saturated carbocycles. The third-order valence-electron chi connectivity index (χ3n) is 4.54. The summed E-state index contributed by atoms with van der Waals surface area (Å²) in [5.41, 5.74) is 1.28. The van der Waals surface area contributed by atoms with Crippen LogP contribution in [0.2, 0.25) is 0 Å². The summed E-state index contributed by atoms with van der Waals surface area (Å²) in [6.07, 6.45) is 0. The van der Waals surface area contributed by atoms with Crippen molar-refractivity contribution in [2.45, 2.75) is 31.6 Å². The number of hydrogen-bond acceptors (Lipinski definition) is 6. The Morgan fingerprint density at radius 1 is 1.10 bits per heavy atom. The number of nitrogens with zero attached hydrogens (tertiary/aromatic N) is 3. The van der Waals surface area contributed by atoms with Gasteiger partial charge in [-0.15, -0.1) is 10.2 Å². The first-order valence-corrected chi connectivity index (χ1v) is 10.9. The van der Waals surface area contributed by atoms with E-state index in [0.717, 1.165) is 5.69 Å². The quantitative estimate of drug-likeness (QED) is 0.495. The Morgan fingerprint density at radius 3 is 2.45 bits per heavy atom. The molecule has 1 unspecified atom stereocenters. The van der Waals surface area contributed by atoms with Crippen LogP contribution in [0.3, 0.4) is 0 Å². The number of carbonyl (C=O) groups is 2. The molecule has 0 spiro atoms. The van der Waals surface area contributed by atoms with E-state index in [1.54, 1.807) is 31.4 Å². The second-order valence-electron chi connectivity index (χ2n) is 6.71. The van der Waals surface area contributed by atoms with Gasteiger partial charge in [0.25, 0.3) is 5.91 Å². The molecule has 0 aliphatic rings. The first kappa shape index (κ1) is 22.4. The highest BCUT2D eigenvalue weighted by atomic mass is 32.2. The summed E-state index contributed by atoms with van der Waals surface area (Å²) in [5.74, 6) is 1.20. The van der Waals surface area contributed by atoms with Gasteiger partial charge in [0.05, 0.1) is 18.9 Å². The van der Waals surface area contributed by atoms with Crippen molar-refractivity contribution in [3.05, 3.63) is 66.0 Å². The van der Waals surface area contributed by atoms with E-state index in [-0.39, 0.29) is 23.6 Å². The number of para-hydroxylation sites is 1. The van der Waals surface area contributed by atoms with Crippen LogP contribution in [0, 0.1) is 0 Å². The molecule has 0 aliphatic carbocycles. The number of methoxy groups -OCH3 is 1. The SMILES string of the molecule is CCn1c(SCC(=O)Nc2ccccc2)nnc1C(C)NC(=O)c1ccc(OC)cc1. The van der Waals surface area contributed by atoms with Crippen molar-refractivity contribution in [3.8, 4) is 5.75 Å². The third-order valence-corrected chi connectivity index (χ3v) is 5.51. The molecule has 2 aromatic carbocycles. The molecule has 31 heavy (non-hydrogen) atoms. The van der Waals surface area contributed by atoms with Gasteiger partial charge in [-0.25, -0.2) is 0 Å².